The van der Waals surface area contributed by atoms with Crippen molar-refractivity contribution in [2.75, 3.05) is 17.7 Å². The Morgan fingerprint density at radius 3 is 2.53 bits per heavy atom. The molecule has 0 unspecified atom stereocenters. The first-order valence-corrected chi connectivity index (χ1v) is 10.8. The number of hydrogen-bond donors (Lipinski definition) is 0. The van der Waals surface area contributed by atoms with E-state index in [1.807, 2.05) is 18.2 Å². The highest BCUT2D eigenvalue weighted by Gasteiger charge is 2.22. The smallest absolute Gasteiger partial charge is 0.269 e. The number of rotatable bonds is 6. The number of imidazole rings is 1. The maximum atomic E-state index is 12.8. The molecule has 30 heavy (non-hydrogen) atoms. The number of aryl methyl sites for hydroxylation is 1. The van der Waals surface area contributed by atoms with Gasteiger partial charge in [0.2, 0.25) is 5.91 Å². The van der Waals surface area contributed by atoms with Crippen LogP contribution in [0, 0.1) is 10.1 Å². The van der Waals surface area contributed by atoms with Gasteiger partial charge in [0.1, 0.15) is 0 Å². The monoisotopic (exact) mass is 422 g/mol. The molecule has 0 saturated heterocycles. The summed E-state index contributed by atoms with van der Waals surface area (Å²) in [6, 6.07) is 16.1. The average molecular weight is 423 g/mol. The van der Waals surface area contributed by atoms with E-state index < -0.39 is 4.92 Å². The van der Waals surface area contributed by atoms with E-state index in [-0.39, 0.29) is 17.3 Å². The minimum absolute atomic E-state index is 0.00411. The molecule has 8 heteroatoms. The number of benzene rings is 2. The van der Waals surface area contributed by atoms with Crippen molar-refractivity contribution < 1.29 is 9.72 Å². The van der Waals surface area contributed by atoms with E-state index in [9.17, 15) is 14.9 Å². The van der Waals surface area contributed by atoms with Crippen LogP contribution in [-0.4, -0.2) is 33.2 Å². The van der Waals surface area contributed by atoms with Gasteiger partial charge in [-0.15, -0.1) is 0 Å². The van der Waals surface area contributed by atoms with E-state index in [4.69, 9.17) is 4.98 Å². The molecule has 0 aliphatic heterocycles. The van der Waals surface area contributed by atoms with Gasteiger partial charge in [0, 0.05) is 36.2 Å². The Morgan fingerprint density at radius 1 is 1.13 bits per heavy atom. The van der Waals surface area contributed by atoms with E-state index in [0.717, 1.165) is 42.2 Å². The normalized spacial score (nSPS) is 13.0. The molecule has 0 radical (unpaired) electrons. The van der Waals surface area contributed by atoms with Crippen molar-refractivity contribution >= 4 is 29.0 Å². The average Bonchev–Trinajstić information content (AvgIpc) is 3.16. The lowest BCUT2D eigenvalue weighted by Gasteiger charge is -2.17. The Labute approximate surface area is 178 Å². The number of amides is 1. The summed E-state index contributed by atoms with van der Waals surface area (Å²) >= 11 is 1.43. The Kier molecular flexibility index (Phi) is 5.85. The number of nitrogens with zero attached hydrogens (tertiary/aromatic N) is 4. The number of para-hydroxylation sites is 1. The van der Waals surface area contributed by atoms with Crippen molar-refractivity contribution in [2.24, 2.45) is 0 Å². The molecule has 0 saturated carbocycles. The zero-order valence-electron chi connectivity index (χ0n) is 16.7. The maximum absolute atomic E-state index is 12.8. The predicted molar refractivity (Wildman–Crippen MR) is 117 cm³/mol. The number of carbonyl (C=O) groups is 1. The minimum atomic E-state index is -0.452. The van der Waals surface area contributed by atoms with Crippen molar-refractivity contribution in [1.29, 1.82) is 0 Å². The first-order valence-electron chi connectivity index (χ1n) is 9.84. The molecule has 1 amide bonds. The highest BCUT2D eigenvalue weighted by molar-refractivity contribution is 7.99. The zero-order valence-corrected chi connectivity index (χ0v) is 17.5. The SMILES string of the molecule is CN(C(=O)CSc1nc2c(n1-c1ccccc1)CCCC2)c1ccc([N+](=O)[O-])cc1. The molecular weight excluding hydrogens is 400 g/mol. The molecule has 0 fully saturated rings. The number of thioether (sulfide) groups is 1. The van der Waals surface area contributed by atoms with Gasteiger partial charge in [-0.2, -0.15) is 0 Å². The van der Waals surface area contributed by atoms with Crippen LogP contribution in [0.5, 0.6) is 0 Å². The number of hydrogen-bond acceptors (Lipinski definition) is 5. The first kappa shape index (κ1) is 20.2. The van der Waals surface area contributed by atoms with Crippen LogP contribution in [0.25, 0.3) is 5.69 Å². The molecule has 1 aliphatic carbocycles. The van der Waals surface area contributed by atoms with Gasteiger partial charge in [0.05, 0.1) is 16.4 Å². The quantitative estimate of drug-likeness (QED) is 0.334. The number of carbonyl (C=O) groups excluding carboxylic acids is 1. The van der Waals surface area contributed by atoms with Crippen LogP contribution >= 0.6 is 11.8 Å². The molecule has 0 atom stereocenters. The third kappa shape index (κ3) is 4.09. The van der Waals surface area contributed by atoms with Crippen LogP contribution in [0.1, 0.15) is 24.2 Å². The maximum Gasteiger partial charge on any atom is 0.269 e. The van der Waals surface area contributed by atoms with Crippen LogP contribution in [0.2, 0.25) is 0 Å². The highest BCUT2D eigenvalue weighted by Crippen LogP contribution is 2.31. The molecular formula is C22H22N4O3S. The second-order valence-electron chi connectivity index (χ2n) is 7.18. The minimum Gasteiger partial charge on any atom is -0.315 e. The highest BCUT2D eigenvalue weighted by atomic mass is 32.2. The molecule has 0 N–H and O–H groups in total. The summed E-state index contributed by atoms with van der Waals surface area (Å²) in [4.78, 5) is 29.5. The molecule has 7 nitrogen and oxygen atoms in total. The number of non-ortho nitro benzene ring substituents is 1. The molecule has 3 aromatic rings. The van der Waals surface area contributed by atoms with Gasteiger partial charge in [-0.3, -0.25) is 19.5 Å². The van der Waals surface area contributed by atoms with Gasteiger partial charge in [-0.05, 0) is 49.9 Å². The molecule has 1 aromatic heterocycles. The van der Waals surface area contributed by atoms with E-state index >= 15 is 0 Å². The van der Waals surface area contributed by atoms with Crippen LogP contribution < -0.4 is 4.90 Å². The van der Waals surface area contributed by atoms with Crippen LogP contribution in [0.4, 0.5) is 11.4 Å². The van der Waals surface area contributed by atoms with E-state index in [0.29, 0.717) is 5.69 Å². The van der Waals surface area contributed by atoms with E-state index in [1.165, 1.54) is 34.5 Å². The summed E-state index contributed by atoms with van der Waals surface area (Å²) < 4.78 is 2.18. The molecule has 0 bridgehead atoms. The molecule has 4 rings (SSSR count). The Hall–Kier alpha value is -3.13. The van der Waals surface area contributed by atoms with Crippen LogP contribution in [0.15, 0.2) is 59.8 Å². The fourth-order valence-corrected chi connectivity index (χ4v) is 4.59. The van der Waals surface area contributed by atoms with Crippen molar-refractivity contribution in [3.63, 3.8) is 0 Å². The lowest BCUT2D eigenvalue weighted by molar-refractivity contribution is -0.384. The molecule has 2 aromatic carbocycles. The van der Waals surface area contributed by atoms with Gasteiger partial charge in [0.15, 0.2) is 5.16 Å². The van der Waals surface area contributed by atoms with Crippen LogP contribution in [0.3, 0.4) is 0 Å². The zero-order chi connectivity index (χ0) is 21.1. The third-order valence-corrected chi connectivity index (χ3v) is 6.19. The van der Waals surface area contributed by atoms with Gasteiger partial charge in [0.25, 0.3) is 5.69 Å². The van der Waals surface area contributed by atoms with Gasteiger partial charge >= 0.3 is 0 Å². The van der Waals surface area contributed by atoms with Crippen molar-refractivity contribution in [2.45, 2.75) is 30.8 Å². The van der Waals surface area contributed by atoms with E-state index in [1.54, 1.807) is 19.2 Å². The van der Waals surface area contributed by atoms with Gasteiger partial charge in [-0.25, -0.2) is 4.98 Å². The second kappa shape index (κ2) is 8.71. The Balaban J connectivity index is 1.52. The van der Waals surface area contributed by atoms with Crippen molar-refractivity contribution in [3.8, 4) is 5.69 Å². The number of fused-ring (bicyclic) bond motifs is 1. The summed E-state index contributed by atoms with van der Waals surface area (Å²) in [5.74, 6) is 0.144. The summed E-state index contributed by atoms with van der Waals surface area (Å²) in [5.41, 5.74) is 4.06. The molecule has 1 aliphatic rings. The summed E-state index contributed by atoms with van der Waals surface area (Å²) in [6.45, 7) is 0. The topological polar surface area (TPSA) is 81.3 Å². The Morgan fingerprint density at radius 2 is 1.83 bits per heavy atom. The fraction of sp³-hybridized carbons (Fsp3) is 0.273. The number of nitro groups is 1. The van der Waals surface area contributed by atoms with Crippen molar-refractivity contribution in [3.05, 3.63) is 76.1 Å². The fourth-order valence-electron chi connectivity index (χ4n) is 3.62. The number of nitro benzene ring substituents is 1. The first-order chi connectivity index (χ1) is 14.5. The van der Waals surface area contributed by atoms with Crippen molar-refractivity contribution in [1.82, 2.24) is 9.55 Å². The number of aromatic nitrogens is 2. The Bertz CT molecular complexity index is 1060. The van der Waals surface area contributed by atoms with Crippen LogP contribution in [-0.2, 0) is 17.6 Å². The second-order valence-corrected chi connectivity index (χ2v) is 8.12. The van der Waals surface area contributed by atoms with Gasteiger partial charge in [-0.1, -0.05) is 30.0 Å². The molecule has 0 spiro atoms. The number of anilines is 1. The summed E-state index contributed by atoms with van der Waals surface area (Å²) in [5, 5.41) is 11.7. The standard InChI is InChI=1S/C22H22N4O3S/c1-24(16-11-13-18(14-12-16)26(28)29)21(27)15-30-22-23-19-9-5-6-10-20(19)25(22)17-7-3-2-4-8-17/h2-4,7-8,11-14H,5-6,9-10,15H2,1H3. The lowest BCUT2D eigenvalue weighted by Crippen LogP contribution is -2.28. The summed E-state index contributed by atoms with van der Waals surface area (Å²) in [6.07, 6.45) is 4.26. The third-order valence-electron chi connectivity index (χ3n) is 5.26. The summed E-state index contributed by atoms with van der Waals surface area (Å²) in [7, 11) is 1.68. The lowest BCUT2D eigenvalue weighted by atomic mass is 10.0. The van der Waals surface area contributed by atoms with E-state index in [2.05, 4.69) is 16.7 Å². The predicted octanol–water partition coefficient (Wildman–Crippen LogP) is 4.41. The largest absolute Gasteiger partial charge is 0.315 e. The molecule has 1 heterocycles. The molecule has 154 valence electrons. The van der Waals surface area contributed by atoms with Gasteiger partial charge < -0.3 is 4.90 Å².